The maximum absolute atomic E-state index is 3.71. The van der Waals surface area contributed by atoms with E-state index < -0.39 is 0 Å². The minimum absolute atomic E-state index is 0.493. The van der Waals surface area contributed by atoms with Crippen LogP contribution in [0.2, 0.25) is 0 Å². The maximum Gasteiger partial charge on any atom is 0.0390 e. The smallest absolute Gasteiger partial charge is 0.0390 e. The molecule has 0 saturated carbocycles. The van der Waals surface area contributed by atoms with Crippen molar-refractivity contribution in [2.45, 2.75) is 39.7 Å². The van der Waals surface area contributed by atoms with Crippen LogP contribution in [0, 0.1) is 5.92 Å². The van der Waals surface area contributed by atoms with Crippen LogP contribution in [0.4, 0.5) is 0 Å². The molecule has 18 heavy (non-hydrogen) atoms. The molecule has 0 fully saturated rings. The molecule has 0 aliphatic carbocycles. The highest BCUT2D eigenvalue weighted by Gasteiger charge is 2.15. The molecule has 1 heterocycles. The van der Waals surface area contributed by atoms with E-state index in [9.17, 15) is 0 Å². The first-order valence-corrected chi connectivity index (χ1v) is 7.79. The van der Waals surface area contributed by atoms with Crippen molar-refractivity contribution < 1.29 is 0 Å². The molecule has 2 aromatic rings. The minimum atomic E-state index is 0.493. The highest BCUT2D eigenvalue weighted by molar-refractivity contribution is 7.17. The zero-order chi connectivity index (χ0) is 13.0. The second kappa shape index (κ2) is 6.35. The quantitative estimate of drug-likeness (QED) is 0.772. The second-order valence-corrected chi connectivity index (χ2v) is 6.24. The minimum Gasteiger partial charge on any atom is -0.310 e. The van der Waals surface area contributed by atoms with Crippen molar-refractivity contribution in [2.75, 3.05) is 6.54 Å². The summed E-state index contributed by atoms with van der Waals surface area (Å²) in [5.74, 6) is 0.717. The third-order valence-corrected chi connectivity index (χ3v) is 4.21. The number of thiophene rings is 1. The monoisotopic (exact) mass is 261 g/mol. The van der Waals surface area contributed by atoms with Gasteiger partial charge in [0.05, 0.1) is 0 Å². The van der Waals surface area contributed by atoms with Gasteiger partial charge in [-0.05, 0) is 47.7 Å². The lowest BCUT2D eigenvalue weighted by Crippen LogP contribution is -2.23. The number of hydrogen-bond acceptors (Lipinski definition) is 2. The summed E-state index contributed by atoms with van der Waals surface area (Å²) in [6.07, 6.45) is 2.39. The topological polar surface area (TPSA) is 12.0 Å². The summed E-state index contributed by atoms with van der Waals surface area (Å²) in [7, 11) is 0. The molecule has 0 saturated heterocycles. The lowest BCUT2D eigenvalue weighted by Gasteiger charge is -2.21. The van der Waals surface area contributed by atoms with Gasteiger partial charge in [-0.2, -0.15) is 0 Å². The Hall–Kier alpha value is -0.860. The summed E-state index contributed by atoms with van der Waals surface area (Å²) in [4.78, 5) is 0. The van der Waals surface area contributed by atoms with Crippen LogP contribution in [0.1, 0.15) is 45.2 Å². The molecular weight excluding hydrogens is 238 g/mol. The molecule has 1 N–H and O–H groups in total. The van der Waals surface area contributed by atoms with Crippen molar-refractivity contribution in [1.29, 1.82) is 0 Å². The van der Waals surface area contributed by atoms with E-state index in [1.54, 1.807) is 0 Å². The molecule has 2 heteroatoms. The van der Waals surface area contributed by atoms with E-state index in [0.717, 1.165) is 12.5 Å². The van der Waals surface area contributed by atoms with Crippen LogP contribution in [-0.2, 0) is 0 Å². The molecule has 2 rings (SSSR count). The largest absolute Gasteiger partial charge is 0.310 e. The first kappa shape index (κ1) is 13.6. The molecule has 0 aliphatic rings. The lowest BCUT2D eigenvalue weighted by molar-refractivity contribution is 0.432. The van der Waals surface area contributed by atoms with Crippen LogP contribution in [0.15, 0.2) is 29.6 Å². The van der Waals surface area contributed by atoms with Gasteiger partial charge in [0.2, 0.25) is 0 Å². The molecule has 0 radical (unpaired) electrons. The molecule has 1 unspecified atom stereocenters. The number of rotatable bonds is 6. The highest BCUT2D eigenvalue weighted by Crippen LogP contribution is 2.31. The van der Waals surface area contributed by atoms with Gasteiger partial charge in [-0.1, -0.05) is 39.0 Å². The third-order valence-electron chi connectivity index (χ3n) is 3.23. The van der Waals surface area contributed by atoms with Crippen molar-refractivity contribution in [3.63, 3.8) is 0 Å². The predicted molar refractivity (Wildman–Crippen MR) is 82.3 cm³/mol. The fraction of sp³-hybridized carbons (Fsp3) is 0.500. The van der Waals surface area contributed by atoms with Crippen molar-refractivity contribution in [2.24, 2.45) is 5.92 Å². The first-order valence-electron chi connectivity index (χ1n) is 6.92. The van der Waals surface area contributed by atoms with Gasteiger partial charge in [-0.15, -0.1) is 11.3 Å². The normalized spacial score (nSPS) is 13.3. The van der Waals surface area contributed by atoms with E-state index >= 15 is 0 Å². The van der Waals surface area contributed by atoms with E-state index in [1.165, 1.54) is 28.5 Å². The Morgan fingerprint density at radius 1 is 1.22 bits per heavy atom. The zero-order valence-corrected chi connectivity index (χ0v) is 12.4. The predicted octanol–water partition coefficient (Wildman–Crippen LogP) is 4.99. The van der Waals surface area contributed by atoms with Crippen molar-refractivity contribution >= 4 is 21.4 Å². The Morgan fingerprint density at radius 3 is 2.78 bits per heavy atom. The van der Waals surface area contributed by atoms with E-state index in [-0.39, 0.29) is 0 Å². The van der Waals surface area contributed by atoms with E-state index in [1.807, 2.05) is 11.3 Å². The number of hydrogen-bond donors (Lipinski definition) is 1. The van der Waals surface area contributed by atoms with Crippen LogP contribution in [0.5, 0.6) is 0 Å². The number of benzene rings is 1. The molecule has 1 atom stereocenters. The van der Waals surface area contributed by atoms with Gasteiger partial charge < -0.3 is 5.32 Å². The third kappa shape index (κ3) is 3.12. The van der Waals surface area contributed by atoms with Crippen molar-refractivity contribution in [3.8, 4) is 0 Å². The van der Waals surface area contributed by atoms with E-state index in [4.69, 9.17) is 0 Å². The molecule has 0 amide bonds. The zero-order valence-electron chi connectivity index (χ0n) is 11.6. The molecule has 1 nitrogen and oxygen atoms in total. The Bertz CT molecular complexity index is 487. The summed E-state index contributed by atoms with van der Waals surface area (Å²) in [6, 6.07) is 9.39. The Balaban J connectivity index is 2.30. The Kier molecular flexibility index (Phi) is 4.79. The highest BCUT2D eigenvalue weighted by atomic mass is 32.1. The number of nitrogens with one attached hydrogen (secondary N) is 1. The van der Waals surface area contributed by atoms with Crippen LogP contribution >= 0.6 is 11.3 Å². The van der Waals surface area contributed by atoms with E-state index in [2.05, 4.69) is 55.7 Å². The molecule has 0 spiro atoms. The average molecular weight is 261 g/mol. The Labute approximate surface area is 114 Å². The molecular formula is C16H23NS. The van der Waals surface area contributed by atoms with Crippen molar-refractivity contribution in [3.05, 3.63) is 35.2 Å². The van der Waals surface area contributed by atoms with Gasteiger partial charge in [-0.3, -0.25) is 0 Å². The van der Waals surface area contributed by atoms with Gasteiger partial charge in [0.25, 0.3) is 0 Å². The fourth-order valence-corrected chi connectivity index (χ4v) is 3.37. The first-order chi connectivity index (χ1) is 8.72. The summed E-state index contributed by atoms with van der Waals surface area (Å²) in [5, 5.41) is 7.28. The van der Waals surface area contributed by atoms with Crippen LogP contribution < -0.4 is 5.32 Å². The Morgan fingerprint density at radius 2 is 2.06 bits per heavy atom. The summed E-state index contributed by atoms with van der Waals surface area (Å²) in [5.41, 5.74) is 1.48. The van der Waals surface area contributed by atoms with Gasteiger partial charge in [-0.25, -0.2) is 0 Å². The van der Waals surface area contributed by atoms with Gasteiger partial charge in [0.15, 0.2) is 0 Å². The van der Waals surface area contributed by atoms with Gasteiger partial charge in [0.1, 0.15) is 0 Å². The lowest BCUT2D eigenvalue weighted by atomic mass is 9.96. The molecule has 0 aliphatic heterocycles. The number of fused-ring (bicyclic) bond motifs is 1. The maximum atomic E-state index is 3.71. The van der Waals surface area contributed by atoms with Gasteiger partial charge in [0, 0.05) is 10.7 Å². The SMILES string of the molecule is CCCNC(CC(C)C)c1cccc2ccsc12. The summed E-state index contributed by atoms with van der Waals surface area (Å²) < 4.78 is 1.45. The van der Waals surface area contributed by atoms with Crippen LogP contribution in [-0.4, -0.2) is 6.54 Å². The molecule has 1 aromatic heterocycles. The van der Waals surface area contributed by atoms with Crippen LogP contribution in [0.3, 0.4) is 0 Å². The average Bonchev–Trinajstić information content (AvgIpc) is 2.82. The molecule has 98 valence electrons. The fourth-order valence-electron chi connectivity index (χ4n) is 2.40. The van der Waals surface area contributed by atoms with Crippen molar-refractivity contribution in [1.82, 2.24) is 5.32 Å². The molecule has 0 bridgehead atoms. The summed E-state index contributed by atoms with van der Waals surface area (Å²) in [6.45, 7) is 7.93. The summed E-state index contributed by atoms with van der Waals surface area (Å²) >= 11 is 1.86. The second-order valence-electron chi connectivity index (χ2n) is 5.32. The van der Waals surface area contributed by atoms with Gasteiger partial charge >= 0.3 is 0 Å². The van der Waals surface area contributed by atoms with Crippen LogP contribution in [0.25, 0.3) is 10.1 Å². The standard InChI is InChI=1S/C16H23NS/c1-4-9-17-15(11-12(2)3)14-7-5-6-13-8-10-18-16(13)14/h5-8,10,12,15,17H,4,9,11H2,1-3H3. The molecule has 1 aromatic carbocycles. The van der Waals surface area contributed by atoms with E-state index in [0.29, 0.717) is 6.04 Å².